The fourth-order valence-electron chi connectivity index (χ4n) is 2.21. The molecule has 0 spiro atoms. The standard InChI is InChI=1S/C10H22N2O/c1-8(13-2)7-10(12-11)9-5-3-4-6-9/h8-10,12H,3-7,11H2,1-2H3. The van der Waals surface area contributed by atoms with E-state index in [2.05, 4.69) is 12.3 Å². The molecule has 0 amide bonds. The van der Waals surface area contributed by atoms with Gasteiger partial charge in [0, 0.05) is 13.2 Å². The molecule has 0 aromatic rings. The first kappa shape index (κ1) is 11.0. The monoisotopic (exact) mass is 186 g/mol. The van der Waals surface area contributed by atoms with E-state index in [4.69, 9.17) is 10.6 Å². The SMILES string of the molecule is COC(C)CC(NN)C1CCCC1. The van der Waals surface area contributed by atoms with Gasteiger partial charge in [-0.25, -0.2) is 0 Å². The number of rotatable bonds is 5. The summed E-state index contributed by atoms with van der Waals surface area (Å²) >= 11 is 0. The number of hydrogen-bond acceptors (Lipinski definition) is 3. The molecule has 0 saturated heterocycles. The summed E-state index contributed by atoms with van der Waals surface area (Å²) in [6.07, 6.45) is 6.71. The Labute approximate surface area is 81.0 Å². The molecular weight excluding hydrogens is 164 g/mol. The molecule has 0 aromatic carbocycles. The van der Waals surface area contributed by atoms with Crippen LogP contribution in [0.25, 0.3) is 0 Å². The average Bonchev–Trinajstić information content (AvgIpc) is 2.66. The maximum atomic E-state index is 5.55. The molecule has 13 heavy (non-hydrogen) atoms. The van der Waals surface area contributed by atoms with Crippen LogP contribution in [0.5, 0.6) is 0 Å². The van der Waals surface area contributed by atoms with Crippen molar-refractivity contribution in [3.8, 4) is 0 Å². The molecule has 0 aromatic heterocycles. The first-order valence-corrected chi connectivity index (χ1v) is 5.26. The maximum Gasteiger partial charge on any atom is 0.0558 e. The third-order valence-electron chi connectivity index (χ3n) is 3.17. The Morgan fingerprint density at radius 1 is 1.46 bits per heavy atom. The zero-order chi connectivity index (χ0) is 9.68. The minimum Gasteiger partial charge on any atom is -0.382 e. The summed E-state index contributed by atoms with van der Waals surface area (Å²) in [5.41, 5.74) is 2.93. The van der Waals surface area contributed by atoms with Crippen molar-refractivity contribution in [1.82, 2.24) is 5.43 Å². The molecule has 78 valence electrons. The van der Waals surface area contributed by atoms with E-state index in [9.17, 15) is 0 Å². The Hall–Kier alpha value is -0.120. The third kappa shape index (κ3) is 3.25. The molecule has 0 bridgehead atoms. The fourth-order valence-corrected chi connectivity index (χ4v) is 2.21. The van der Waals surface area contributed by atoms with Gasteiger partial charge in [0.05, 0.1) is 6.10 Å². The van der Waals surface area contributed by atoms with Gasteiger partial charge in [-0.2, -0.15) is 0 Å². The summed E-state index contributed by atoms with van der Waals surface area (Å²) in [6.45, 7) is 2.10. The minimum absolute atomic E-state index is 0.307. The van der Waals surface area contributed by atoms with Gasteiger partial charge in [0.1, 0.15) is 0 Å². The zero-order valence-corrected chi connectivity index (χ0v) is 8.75. The Bertz CT molecular complexity index is 135. The number of methoxy groups -OCH3 is 1. The van der Waals surface area contributed by atoms with E-state index in [1.165, 1.54) is 25.7 Å². The molecule has 1 rings (SSSR count). The van der Waals surface area contributed by atoms with Crippen LogP contribution in [0.15, 0.2) is 0 Å². The molecule has 0 radical (unpaired) electrons. The van der Waals surface area contributed by atoms with Crippen molar-refractivity contribution in [1.29, 1.82) is 0 Å². The van der Waals surface area contributed by atoms with E-state index >= 15 is 0 Å². The molecule has 1 aliphatic rings. The normalized spacial score (nSPS) is 23.3. The van der Waals surface area contributed by atoms with Crippen LogP contribution in [0, 0.1) is 5.92 Å². The molecule has 3 heteroatoms. The molecule has 3 nitrogen and oxygen atoms in total. The van der Waals surface area contributed by atoms with Crippen LogP contribution in [0.2, 0.25) is 0 Å². The van der Waals surface area contributed by atoms with Crippen molar-refractivity contribution < 1.29 is 4.74 Å². The molecule has 3 N–H and O–H groups in total. The minimum atomic E-state index is 0.307. The van der Waals surface area contributed by atoms with E-state index in [1.54, 1.807) is 7.11 Å². The lowest BCUT2D eigenvalue weighted by molar-refractivity contribution is 0.0921. The zero-order valence-electron chi connectivity index (χ0n) is 8.75. The number of ether oxygens (including phenoxy) is 1. The largest absolute Gasteiger partial charge is 0.382 e. The van der Waals surface area contributed by atoms with Gasteiger partial charge >= 0.3 is 0 Å². The number of nitrogens with one attached hydrogen (secondary N) is 1. The van der Waals surface area contributed by atoms with Crippen molar-refractivity contribution in [3.05, 3.63) is 0 Å². The van der Waals surface area contributed by atoms with E-state index in [1.807, 2.05) is 0 Å². The molecule has 2 unspecified atom stereocenters. The molecule has 1 aliphatic carbocycles. The summed E-state index contributed by atoms with van der Waals surface area (Å²) < 4.78 is 5.25. The Morgan fingerprint density at radius 3 is 2.54 bits per heavy atom. The highest BCUT2D eigenvalue weighted by atomic mass is 16.5. The Balaban J connectivity index is 2.32. The number of hydrazine groups is 1. The molecule has 0 heterocycles. The Morgan fingerprint density at radius 2 is 2.08 bits per heavy atom. The van der Waals surface area contributed by atoms with Gasteiger partial charge in [-0.05, 0) is 32.1 Å². The van der Waals surface area contributed by atoms with Gasteiger partial charge in [-0.15, -0.1) is 0 Å². The molecule has 1 saturated carbocycles. The topological polar surface area (TPSA) is 47.3 Å². The summed E-state index contributed by atoms with van der Waals surface area (Å²) in [5, 5.41) is 0. The van der Waals surface area contributed by atoms with Gasteiger partial charge in [0.2, 0.25) is 0 Å². The lowest BCUT2D eigenvalue weighted by Crippen LogP contribution is -2.42. The molecular formula is C10H22N2O. The van der Waals surface area contributed by atoms with Crippen molar-refractivity contribution in [3.63, 3.8) is 0 Å². The third-order valence-corrected chi connectivity index (χ3v) is 3.17. The van der Waals surface area contributed by atoms with E-state index < -0.39 is 0 Å². The van der Waals surface area contributed by atoms with Crippen LogP contribution in [0.1, 0.15) is 39.0 Å². The van der Waals surface area contributed by atoms with Crippen molar-refractivity contribution in [2.45, 2.75) is 51.2 Å². The van der Waals surface area contributed by atoms with E-state index in [-0.39, 0.29) is 0 Å². The number of hydrogen-bond donors (Lipinski definition) is 2. The van der Waals surface area contributed by atoms with Gasteiger partial charge < -0.3 is 4.74 Å². The highest BCUT2D eigenvalue weighted by Crippen LogP contribution is 2.29. The molecule has 1 fully saturated rings. The second-order valence-electron chi connectivity index (χ2n) is 4.10. The van der Waals surface area contributed by atoms with Crippen LogP contribution in [-0.4, -0.2) is 19.3 Å². The predicted molar refractivity (Wildman–Crippen MR) is 54.2 cm³/mol. The quantitative estimate of drug-likeness (QED) is 0.504. The summed E-state index contributed by atoms with van der Waals surface area (Å²) in [4.78, 5) is 0. The smallest absolute Gasteiger partial charge is 0.0558 e. The first-order chi connectivity index (χ1) is 6.27. The summed E-state index contributed by atoms with van der Waals surface area (Å²) in [5.74, 6) is 6.32. The Kier molecular flexibility index (Phi) is 4.70. The van der Waals surface area contributed by atoms with E-state index in [0.29, 0.717) is 12.1 Å². The second-order valence-corrected chi connectivity index (χ2v) is 4.10. The second kappa shape index (κ2) is 5.58. The maximum absolute atomic E-state index is 5.55. The predicted octanol–water partition coefficient (Wildman–Crippen LogP) is 1.43. The first-order valence-electron chi connectivity index (χ1n) is 5.26. The van der Waals surface area contributed by atoms with Crippen molar-refractivity contribution in [2.75, 3.05) is 7.11 Å². The lowest BCUT2D eigenvalue weighted by Gasteiger charge is -2.24. The average molecular weight is 186 g/mol. The fraction of sp³-hybridized carbons (Fsp3) is 1.00. The van der Waals surface area contributed by atoms with E-state index in [0.717, 1.165) is 12.3 Å². The summed E-state index contributed by atoms with van der Waals surface area (Å²) in [7, 11) is 1.76. The highest BCUT2D eigenvalue weighted by molar-refractivity contribution is 4.80. The van der Waals surface area contributed by atoms with Crippen LogP contribution >= 0.6 is 0 Å². The number of nitrogens with two attached hydrogens (primary N) is 1. The van der Waals surface area contributed by atoms with Crippen LogP contribution in [0.3, 0.4) is 0 Å². The van der Waals surface area contributed by atoms with Gasteiger partial charge in [-0.3, -0.25) is 11.3 Å². The van der Waals surface area contributed by atoms with Gasteiger partial charge in [0.15, 0.2) is 0 Å². The van der Waals surface area contributed by atoms with Crippen LogP contribution in [-0.2, 0) is 4.74 Å². The lowest BCUT2D eigenvalue weighted by atomic mass is 9.94. The molecule has 2 atom stereocenters. The summed E-state index contributed by atoms with van der Waals surface area (Å²) in [6, 6.07) is 0.442. The highest BCUT2D eigenvalue weighted by Gasteiger charge is 2.25. The van der Waals surface area contributed by atoms with Crippen molar-refractivity contribution in [2.24, 2.45) is 11.8 Å². The van der Waals surface area contributed by atoms with Gasteiger partial charge in [0.25, 0.3) is 0 Å². The van der Waals surface area contributed by atoms with Crippen molar-refractivity contribution >= 4 is 0 Å². The van der Waals surface area contributed by atoms with Crippen LogP contribution in [0.4, 0.5) is 0 Å². The van der Waals surface area contributed by atoms with Gasteiger partial charge in [-0.1, -0.05) is 12.8 Å². The molecule has 0 aliphatic heterocycles. The van der Waals surface area contributed by atoms with Crippen LogP contribution < -0.4 is 11.3 Å².